The first-order valence-corrected chi connectivity index (χ1v) is 6.13. The molecule has 112 valence electrons. The Hall–Kier alpha value is -1.92. The van der Waals surface area contributed by atoms with Crippen molar-refractivity contribution in [3.8, 4) is 5.75 Å². The Kier molecular flexibility index (Phi) is 5.24. The summed E-state index contributed by atoms with van der Waals surface area (Å²) in [6.07, 6.45) is -3.69. The molecule has 7 heteroatoms. The fourth-order valence-electron chi connectivity index (χ4n) is 1.42. The number of ether oxygens (including phenoxy) is 1. The molecule has 0 spiro atoms. The molecule has 0 radical (unpaired) electrons. The number of nitrogen functional groups attached to an aromatic ring is 1. The van der Waals surface area contributed by atoms with Crippen LogP contribution in [0.1, 0.15) is 25.8 Å². The Bertz CT molecular complexity index is 475. The van der Waals surface area contributed by atoms with E-state index in [4.69, 9.17) is 10.5 Å². The second-order valence-corrected chi connectivity index (χ2v) is 4.42. The molecular formula is C13H17F3N2O2. The molecule has 0 saturated carbocycles. The van der Waals surface area contributed by atoms with Gasteiger partial charge in [-0.3, -0.25) is 4.79 Å². The molecule has 1 atom stereocenters. The van der Waals surface area contributed by atoms with Crippen LogP contribution in [-0.2, 0) is 11.0 Å². The Morgan fingerprint density at radius 2 is 2.10 bits per heavy atom. The summed E-state index contributed by atoms with van der Waals surface area (Å²) in [6, 6.07) is 2.76. The van der Waals surface area contributed by atoms with Crippen molar-refractivity contribution >= 4 is 11.6 Å². The highest BCUT2D eigenvalue weighted by molar-refractivity contribution is 5.78. The van der Waals surface area contributed by atoms with E-state index in [0.29, 0.717) is 0 Å². The number of nitrogens with two attached hydrogens (primary N) is 1. The molecule has 0 fully saturated rings. The second kappa shape index (κ2) is 6.49. The Balaban J connectivity index is 2.64. The predicted molar refractivity (Wildman–Crippen MR) is 69.2 cm³/mol. The van der Waals surface area contributed by atoms with Crippen LogP contribution in [0.2, 0.25) is 0 Å². The van der Waals surface area contributed by atoms with E-state index in [9.17, 15) is 18.0 Å². The molecule has 0 aliphatic carbocycles. The minimum Gasteiger partial charge on any atom is -0.482 e. The SMILES string of the molecule is CCC(C)NC(=O)COc1ccc(C(F)(F)F)cc1N. The summed E-state index contributed by atoms with van der Waals surface area (Å²) in [6.45, 7) is 3.46. The van der Waals surface area contributed by atoms with Crippen LogP contribution in [0.25, 0.3) is 0 Å². The molecule has 4 nitrogen and oxygen atoms in total. The maximum atomic E-state index is 12.4. The van der Waals surface area contributed by atoms with Gasteiger partial charge in [0.2, 0.25) is 0 Å². The van der Waals surface area contributed by atoms with Gasteiger partial charge in [0.1, 0.15) is 5.75 Å². The van der Waals surface area contributed by atoms with Crippen molar-refractivity contribution in [1.29, 1.82) is 0 Å². The van der Waals surface area contributed by atoms with Crippen LogP contribution in [0.4, 0.5) is 18.9 Å². The third-order valence-corrected chi connectivity index (χ3v) is 2.72. The maximum absolute atomic E-state index is 12.4. The van der Waals surface area contributed by atoms with E-state index in [1.165, 1.54) is 0 Å². The van der Waals surface area contributed by atoms with Crippen LogP contribution in [-0.4, -0.2) is 18.6 Å². The zero-order valence-corrected chi connectivity index (χ0v) is 11.3. The summed E-state index contributed by atoms with van der Waals surface area (Å²) in [4.78, 5) is 11.5. The van der Waals surface area contributed by atoms with Crippen LogP contribution in [0, 0.1) is 0 Å². The largest absolute Gasteiger partial charge is 0.482 e. The highest BCUT2D eigenvalue weighted by Crippen LogP contribution is 2.33. The zero-order valence-electron chi connectivity index (χ0n) is 11.3. The topological polar surface area (TPSA) is 64.3 Å². The molecule has 1 aromatic rings. The van der Waals surface area contributed by atoms with Crippen molar-refractivity contribution in [2.75, 3.05) is 12.3 Å². The number of amides is 1. The Morgan fingerprint density at radius 1 is 1.45 bits per heavy atom. The van der Waals surface area contributed by atoms with Gasteiger partial charge in [-0.25, -0.2) is 0 Å². The van der Waals surface area contributed by atoms with Gasteiger partial charge in [0.05, 0.1) is 11.3 Å². The van der Waals surface area contributed by atoms with Gasteiger partial charge in [0.15, 0.2) is 6.61 Å². The van der Waals surface area contributed by atoms with E-state index in [2.05, 4.69) is 5.32 Å². The van der Waals surface area contributed by atoms with E-state index < -0.39 is 11.7 Å². The number of nitrogens with one attached hydrogen (secondary N) is 1. The van der Waals surface area contributed by atoms with Crippen molar-refractivity contribution < 1.29 is 22.7 Å². The molecular weight excluding hydrogens is 273 g/mol. The van der Waals surface area contributed by atoms with Crippen LogP contribution >= 0.6 is 0 Å². The van der Waals surface area contributed by atoms with Gasteiger partial charge in [0, 0.05) is 6.04 Å². The highest BCUT2D eigenvalue weighted by atomic mass is 19.4. The van der Waals surface area contributed by atoms with Crippen molar-refractivity contribution in [2.45, 2.75) is 32.5 Å². The maximum Gasteiger partial charge on any atom is 0.416 e. The molecule has 0 aliphatic heterocycles. The second-order valence-electron chi connectivity index (χ2n) is 4.42. The van der Waals surface area contributed by atoms with Gasteiger partial charge in [0.25, 0.3) is 5.91 Å². The Labute approximate surface area is 115 Å². The molecule has 1 unspecified atom stereocenters. The summed E-state index contributed by atoms with van der Waals surface area (Å²) < 4.78 is 42.4. The first-order chi connectivity index (χ1) is 9.24. The smallest absolute Gasteiger partial charge is 0.416 e. The third-order valence-electron chi connectivity index (χ3n) is 2.72. The van der Waals surface area contributed by atoms with Crippen molar-refractivity contribution in [1.82, 2.24) is 5.32 Å². The fourth-order valence-corrected chi connectivity index (χ4v) is 1.42. The lowest BCUT2D eigenvalue weighted by molar-refractivity contribution is -0.137. The molecule has 0 heterocycles. The number of halogens is 3. The van der Waals surface area contributed by atoms with Crippen LogP contribution in [0.3, 0.4) is 0 Å². The van der Waals surface area contributed by atoms with E-state index >= 15 is 0 Å². The number of benzene rings is 1. The number of alkyl halides is 3. The van der Waals surface area contributed by atoms with Gasteiger partial charge < -0.3 is 15.8 Å². The molecule has 1 rings (SSSR count). The molecule has 1 aromatic carbocycles. The summed E-state index contributed by atoms with van der Waals surface area (Å²) in [5.74, 6) is -0.295. The zero-order chi connectivity index (χ0) is 15.3. The van der Waals surface area contributed by atoms with Crippen molar-refractivity contribution in [3.63, 3.8) is 0 Å². The van der Waals surface area contributed by atoms with Crippen molar-refractivity contribution in [3.05, 3.63) is 23.8 Å². The lowest BCUT2D eigenvalue weighted by Crippen LogP contribution is -2.35. The molecule has 20 heavy (non-hydrogen) atoms. The fraction of sp³-hybridized carbons (Fsp3) is 0.462. The summed E-state index contributed by atoms with van der Waals surface area (Å²) >= 11 is 0. The number of anilines is 1. The normalized spacial score (nSPS) is 12.8. The number of rotatable bonds is 5. The first-order valence-electron chi connectivity index (χ1n) is 6.13. The van der Waals surface area contributed by atoms with Crippen LogP contribution in [0.15, 0.2) is 18.2 Å². The first kappa shape index (κ1) is 16.1. The molecule has 1 amide bonds. The minimum atomic E-state index is -4.46. The predicted octanol–water partition coefficient (Wildman–Crippen LogP) is 2.58. The summed E-state index contributed by atoms with van der Waals surface area (Å²) in [5, 5.41) is 2.67. The van der Waals surface area contributed by atoms with Crippen LogP contribution < -0.4 is 15.8 Å². The van der Waals surface area contributed by atoms with Gasteiger partial charge in [-0.15, -0.1) is 0 Å². The number of carbonyl (C=O) groups excluding carboxylic acids is 1. The monoisotopic (exact) mass is 290 g/mol. The third kappa shape index (κ3) is 4.64. The average Bonchev–Trinajstić information content (AvgIpc) is 2.35. The van der Waals surface area contributed by atoms with E-state index in [0.717, 1.165) is 24.6 Å². The lowest BCUT2D eigenvalue weighted by atomic mass is 10.2. The molecule has 0 aliphatic rings. The highest BCUT2D eigenvalue weighted by Gasteiger charge is 2.30. The number of hydrogen-bond donors (Lipinski definition) is 2. The van der Waals surface area contributed by atoms with Crippen LogP contribution in [0.5, 0.6) is 5.75 Å². The lowest BCUT2D eigenvalue weighted by Gasteiger charge is -2.14. The average molecular weight is 290 g/mol. The van der Waals surface area contributed by atoms with Gasteiger partial charge in [-0.1, -0.05) is 6.92 Å². The van der Waals surface area contributed by atoms with Crippen molar-refractivity contribution in [2.24, 2.45) is 0 Å². The summed E-state index contributed by atoms with van der Waals surface area (Å²) in [7, 11) is 0. The standard InChI is InChI=1S/C13H17F3N2O2/c1-3-8(2)18-12(19)7-20-11-5-4-9(6-10(11)17)13(14,15)16/h4-6,8H,3,7,17H2,1-2H3,(H,18,19). The Morgan fingerprint density at radius 3 is 2.60 bits per heavy atom. The molecule has 0 saturated heterocycles. The van der Waals surface area contributed by atoms with Gasteiger partial charge >= 0.3 is 6.18 Å². The molecule has 3 N–H and O–H groups in total. The van der Waals surface area contributed by atoms with E-state index in [1.54, 1.807) is 0 Å². The van der Waals surface area contributed by atoms with E-state index in [1.807, 2.05) is 13.8 Å². The van der Waals surface area contributed by atoms with Gasteiger partial charge in [-0.2, -0.15) is 13.2 Å². The molecule has 0 aromatic heterocycles. The molecule has 0 bridgehead atoms. The minimum absolute atomic E-state index is 0.0102. The van der Waals surface area contributed by atoms with Gasteiger partial charge in [-0.05, 0) is 31.5 Å². The number of hydrogen-bond acceptors (Lipinski definition) is 3. The summed E-state index contributed by atoms with van der Waals surface area (Å²) in [5.41, 5.74) is 4.46. The number of carbonyl (C=O) groups is 1. The quantitative estimate of drug-likeness (QED) is 0.819. The van der Waals surface area contributed by atoms with E-state index in [-0.39, 0.29) is 30.0 Å².